The van der Waals surface area contributed by atoms with Crippen LogP contribution in [0.3, 0.4) is 0 Å². The second-order valence-corrected chi connectivity index (χ2v) is 16.4. The van der Waals surface area contributed by atoms with E-state index in [0.717, 1.165) is 17.8 Å². The first-order valence-electron chi connectivity index (χ1n) is 21.6. The molecule has 0 fully saturated rings. The van der Waals surface area contributed by atoms with Gasteiger partial charge < -0.3 is 9.47 Å². The molecule has 10 aromatic carbocycles. The van der Waals surface area contributed by atoms with Gasteiger partial charge >= 0.3 is 0 Å². The van der Waals surface area contributed by atoms with Crippen molar-refractivity contribution in [3.63, 3.8) is 0 Å². The minimum atomic E-state index is 0.118. The van der Waals surface area contributed by atoms with Gasteiger partial charge in [0.1, 0.15) is 0 Å². The molecule has 0 saturated heterocycles. The summed E-state index contributed by atoms with van der Waals surface area (Å²) in [6.45, 7) is 0. The van der Waals surface area contributed by atoms with Crippen LogP contribution in [0.15, 0.2) is 242 Å². The van der Waals surface area contributed by atoms with Crippen molar-refractivity contribution in [2.24, 2.45) is 0 Å². The zero-order valence-corrected chi connectivity index (χ0v) is 34.2. The molecule has 0 spiro atoms. The van der Waals surface area contributed by atoms with Crippen molar-refractivity contribution < 1.29 is 0 Å². The lowest BCUT2D eigenvalue weighted by Gasteiger charge is -2.31. The van der Waals surface area contributed by atoms with Crippen LogP contribution in [0.4, 0.5) is 11.4 Å². The van der Waals surface area contributed by atoms with Crippen LogP contribution in [0.2, 0.25) is 0 Å². The molecule has 1 aliphatic rings. The van der Waals surface area contributed by atoms with E-state index in [2.05, 4.69) is 246 Å². The maximum Gasteiger partial charge on any atom is 0.0550 e. The molecule has 0 bridgehead atoms. The number of hydrogen-bond acceptors (Lipinski definition) is 1. The van der Waals surface area contributed by atoms with Crippen LogP contribution in [-0.4, -0.2) is 4.57 Å². The monoisotopic (exact) mass is 790 g/mol. The Morgan fingerprint density at radius 1 is 0.419 bits per heavy atom. The third-order valence-electron chi connectivity index (χ3n) is 12.8. The van der Waals surface area contributed by atoms with Gasteiger partial charge in [-0.1, -0.05) is 182 Å². The van der Waals surface area contributed by atoms with Gasteiger partial charge in [-0.2, -0.15) is 0 Å². The fourth-order valence-corrected chi connectivity index (χ4v) is 10.0. The van der Waals surface area contributed by atoms with Crippen molar-refractivity contribution in [3.8, 4) is 27.9 Å². The third kappa shape index (κ3) is 6.03. The van der Waals surface area contributed by atoms with E-state index in [1.807, 2.05) is 0 Å². The fraction of sp³-hybridized carbons (Fsp3) is 0.0333. The van der Waals surface area contributed by atoms with Crippen molar-refractivity contribution in [1.29, 1.82) is 0 Å². The van der Waals surface area contributed by atoms with Crippen LogP contribution in [0.1, 0.15) is 17.9 Å². The highest BCUT2D eigenvalue weighted by atomic mass is 15.1. The highest BCUT2D eigenvalue weighted by Gasteiger charge is 2.26. The number of rotatable bonds is 7. The van der Waals surface area contributed by atoms with Gasteiger partial charge in [-0.15, -0.1) is 0 Å². The zero-order valence-electron chi connectivity index (χ0n) is 34.2. The Balaban J connectivity index is 1.07. The summed E-state index contributed by atoms with van der Waals surface area (Å²) in [5.41, 5.74) is 13.3. The first-order valence-corrected chi connectivity index (χ1v) is 21.6. The van der Waals surface area contributed by atoms with Gasteiger partial charge in [-0.05, 0) is 116 Å². The Labute approximate surface area is 361 Å². The molecule has 11 aromatic rings. The molecule has 2 nitrogen and oxygen atoms in total. The largest absolute Gasteiger partial charge is 0.310 e. The van der Waals surface area contributed by atoms with Crippen molar-refractivity contribution in [1.82, 2.24) is 4.57 Å². The Bertz CT molecular complexity index is 3540. The lowest BCUT2D eigenvalue weighted by atomic mass is 9.84. The lowest BCUT2D eigenvalue weighted by molar-refractivity contribution is 0.852. The number of nitrogens with zero attached hydrogens (tertiary/aromatic N) is 2. The van der Waals surface area contributed by atoms with Crippen molar-refractivity contribution in [3.05, 3.63) is 248 Å². The molecule has 0 N–H and O–H groups in total. The second-order valence-electron chi connectivity index (χ2n) is 16.4. The van der Waals surface area contributed by atoms with Crippen LogP contribution >= 0.6 is 0 Å². The summed E-state index contributed by atoms with van der Waals surface area (Å²) in [5, 5.41) is 10.1. The average Bonchev–Trinajstić information content (AvgIpc) is 3.68. The molecule has 0 aliphatic heterocycles. The molecule has 1 atom stereocenters. The number of aromatic nitrogens is 1. The van der Waals surface area contributed by atoms with E-state index in [-0.39, 0.29) is 5.92 Å². The van der Waals surface area contributed by atoms with Gasteiger partial charge in [0.15, 0.2) is 0 Å². The van der Waals surface area contributed by atoms with Crippen LogP contribution in [0.5, 0.6) is 0 Å². The standard InChI is InChI=1S/C60H42N2/c1-3-17-41(18-4-1)43-21-15-22-44(37-43)42-33-35-49(36-34-42)61(57-39-45-19-7-9-27-51(45)53-29-11-12-30-54(53)57)50-26-16-23-47(38-50)59-52-28-10-8-20-46(52)40-58-60(59)55-31-13-14-32-56(55)62(58)48-24-5-2-6-25-48/h1-22,24-40,47H,23H2. The van der Waals surface area contributed by atoms with Crippen LogP contribution < -0.4 is 4.90 Å². The number of allylic oxidation sites excluding steroid dienone is 3. The summed E-state index contributed by atoms with van der Waals surface area (Å²) in [5.74, 6) is 0.118. The van der Waals surface area contributed by atoms with E-state index in [1.165, 1.54) is 93.3 Å². The second kappa shape index (κ2) is 15.0. The molecule has 0 amide bonds. The smallest absolute Gasteiger partial charge is 0.0550 e. The van der Waals surface area contributed by atoms with Gasteiger partial charge in [-0.3, -0.25) is 0 Å². The first kappa shape index (κ1) is 36.0. The molecule has 1 unspecified atom stereocenters. The molecule has 1 aliphatic carbocycles. The summed E-state index contributed by atoms with van der Waals surface area (Å²) < 4.78 is 2.45. The first-order chi connectivity index (χ1) is 30.8. The van der Waals surface area contributed by atoms with Crippen molar-refractivity contribution >= 4 is 65.5 Å². The Morgan fingerprint density at radius 3 is 1.76 bits per heavy atom. The Morgan fingerprint density at radius 2 is 1.00 bits per heavy atom. The normalized spacial score (nSPS) is 13.9. The van der Waals surface area contributed by atoms with Gasteiger partial charge in [0, 0.05) is 39.1 Å². The van der Waals surface area contributed by atoms with Gasteiger partial charge in [0.05, 0.1) is 16.7 Å². The van der Waals surface area contributed by atoms with E-state index in [9.17, 15) is 0 Å². The molecule has 1 aromatic heterocycles. The molecule has 2 heteroatoms. The fourth-order valence-electron chi connectivity index (χ4n) is 10.0. The van der Waals surface area contributed by atoms with Crippen LogP contribution in [-0.2, 0) is 0 Å². The third-order valence-corrected chi connectivity index (χ3v) is 12.8. The summed E-state index contributed by atoms with van der Waals surface area (Å²) in [7, 11) is 0. The van der Waals surface area contributed by atoms with E-state index >= 15 is 0 Å². The molecule has 1 heterocycles. The summed E-state index contributed by atoms with van der Waals surface area (Å²) in [4.78, 5) is 2.50. The number of anilines is 2. The molecule has 292 valence electrons. The number of para-hydroxylation sites is 2. The predicted octanol–water partition coefficient (Wildman–Crippen LogP) is 16.3. The van der Waals surface area contributed by atoms with Crippen LogP contribution in [0, 0.1) is 0 Å². The Kier molecular flexibility index (Phi) is 8.67. The predicted molar refractivity (Wildman–Crippen MR) is 264 cm³/mol. The summed E-state index contributed by atoms with van der Waals surface area (Å²) >= 11 is 0. The minimum absolute atomic E-state index is 0.118. The molecular formula is C60H42N2. The van der Waals surface area contributed by atoms with Gasteiger partial charge in [0.2, 0.25) is 0 Å². The topological polar surface area (TPSA) is 8.17 Å². The maximum atomic E-state index is 2.54. The quantitative estimate of drug-likeness (QED) is 0.146. The molecule has 0 saturated carbocycles. The highest BCUT2D eigenvalue weighted by Crippen LogP contribution is 2.46. The highest BCUT2D eigenvalue weighted by molar-refractivity contribution is 6.17. The van der Waals surface area contributed by atoms with E-state index in [4.69, 9.17) is 0 Å². The van der Waals surface area contributed by atoms with Crippen molar-refractivity contribution in [2.75, 3.05) is 4.90 Å². The Hall–Kier alpha value is -7.94. The van der Waals surface area contributed by atoms with Crippen LogP contribution in [0.25, 0.3) is 82.1 Å². The molecular weight excluding hydrogens is 749 g/mol. The molecule has 12 rings (SSSR count). The minimum Gasteiger partial charge on any atom is -0.310 e. The summed E-state index contributed by atoms with van der Waals surface area (Å²) in [6.07, 6.45) is 8.18. The number of benzene rings is 10. The van der Waals surface area contributed by atoms with Gasteiger partial charge in [-0.25, -0.2) is 0 Å². The average molecular weight is 791 g/mol. The maximum absolute atomic E-state index is 2.54. The number of fused-ring (bicyclic) bond motifs is 7. The van der Waals surface area contributed by atoms with E-state index in [0.29, 0.717) is 0 Å². The van der Waals surface area contributed by atoms with E-state index in [1.54, 1.807) is 0 Å². The zero-order chi connectivity index (χ0) is 41.0. The molecule has 62 heavy (non-hydrogen) atoms. The van der Waals surface area contributed by atoms with E-state index < -0.39 is 0 Å². The van der Waals surface area contributed by atoms with Gasteiger partial charge in [0.25, 0.3) is 0 Å². The lowest BCUT2D eigenvalue weighted by Crippen LogP contribution is -2.18. The summed E-state index contributed by atoms with van der Waals surface area (Å²) in [6, 6.07) is 79.9. The number of hydrogen-bond donors (Lipinski definition) is 0. The van der Waals surface area contributed by atoms with Crippen molar-refractivity contribution in [2.45, 2.75) is 12.3 Å². The SMILES string of the molecule is C1=CC(N(c2ccc(-c3cccc(-c4ccccc4)c3)cc2)c2cc3ccccc3c3ccccc23)=CC(c2c3ccccc3cc3c2c2ccccc2n3-c2ccccc2)C1. The molecule has 0 radical (unpaired) electrons.